The van der Waals surface area contributed by atoms with Crippen LogP contribution in [0.15, 0.2) is 28.7 Å². The van der Waals surface area contributed by atoms with Crippen molar-refractivity contribution in [2.45, 2.75) is 13.8 Å². The average Bonchev–Trinajstić information content (AvgIpc) is 2.20. The smallest absolute Gasteiger partial charge is 0.407 e. The first-order valence-corrected chi connectivity index (χ1v) is 5.85. The van der Waals surface area contributed by atoms with Gasteiger partial charge in [0.1, 0.15) is 0 Å². The van der Waals surface area contributed by atoms with Gasteiger partial charge in [-0.1, -0.05) is 41.9 Å². The van der Waals surface area contributed by atoms with Crippen LogP contribution in [0.3, 0.4) is 0 Å². The van der Waals surface area contributed by atoms with Crippen molar-refractivity contribution in [1.29, 1.82) is 0 Å². The van der Waals surface area contributed by atoms with Gasteiger partial charge in [-0.3, -0.25) is 0 Å². The molecule has 0 aromatic heterocycles. The minimum absolute atomic E-state index is 0.131. The van der Waals surface area contributed by atoms with E-state index in [-0.39, 0.29) is 12.5 Å². The summed E-state index contributed by atoms with van der Waals surface area (Å²) in [6.07, 6.45) is 0. The molecule has 0 amide bonds. The molecule has 0 aliphatic carbocycles. The van der Waals surface area contributed by atoms with Crippen molar-refractivity contribution in [3.05, 3.63) is 28.7 Å². The molecule has 0 spiro atoms. The summed E-state index contributed by atoms with van der Waals surface area (Å²) < 4.78 is 12.4. The summed E-state index contributed by atoms with van der Waals surface area (Å²) in [7, 11) is -0.203. The van der Waals surface area contributed by atoms with Crippen LogP contribution in [-0.4, -0.2) is 20.3 Å². The maximum Gasteiger partial charge on any atom is 0.493 e. The quantitative estimate of drug-likeness (QED) is 0.728. The first-order chi connectivity index (χ1) is 7.07. The topological polar surface area (TPSA) is 18.5 Å². The Hall–Kier alpha value is -0.315. The zero-order chi connectivity index (χ0) is 10.9. The second-order valence-corrected chi connectivity index (χ2v) is 5.59. The molecule has 0 saturated carbocycles. The fraction of sp³-hybridized carbons (Fsp3) is 0.455. The molecule has 0 atom stereocenters. The van der Waals surface area contributed by atoms with E-state index in [4.69, 9.17) is 9.31 Å². The van der Waals surface area contributed by atoms with E-state index in [1.54, 1.807) is 0 Å². The molecule has 1 aromatic rings. The molecule has 1 aliphatic heterocycles. The Balaban J connectivity index is 2.04. The summed E-state index contributed by atoms with van der Waals surface area (Å²) in [6, 6.07) is 8.05. The van der Waals surface area contributed by atoms with Crippen molar-refractivity contribution in [1.82, 2.24) is 0 Å². The van der Waals surface area contributed by atoms with Gasteiger partial charge >= 0.3 is 7.12 Å². The van der Waals surface area contributed by atoms with E-state index in [0.29, 0.717) is 0 Å². The minimum atomic E-state index is -0.203. The number of hydrogen-bond donors (Lipinski definition) is 0. The summed E-state index contributed by atoms with van der Waals surface area (Å²) in [5.74, 6) is 0. The van der Waals surface area contributed by atoms with Crippen LogP contribution >= 0.6 is 15.9 Å². The third kappa shape index (κ3) is 2.83. The van der Waals surface area contributed by atoms with Gasteiger partial charge < -0.3 is 9.31 Å². The summed E-state index contributed by atoms with van der Waals surface area (Å²) in [5, 5.41) is 0. The van der Waals surface area contributed by atoms with Gasteiger partial charge in [-0.15, -0.1) is 0 Å². The van der Waals surface area contributed by atoms with Crippen LogP contribution in [0.2, 0.25) is 0 Å². The number of rotatable bonds is 1. The van der Waals surface area contributed by atoms with Gasteiger partial charge in [0.05, 0.1) is 0 Å². The SMILES string of the molecule is CC1(C)COB(c2ccc(Br)cc2)OC1. The molecule has 1 aromatic carbocycles. The van der Waals surface area contributed by atoms with E-state index >= 15 is 0 Å². The van der Waals surface area contributed by atoms with Gasteiger partial charge in [-0.2, -0.15) is 0 Å². The predicted octanol–water partition coefficient (Wildman–Crippen LogP) is 2.22. The largest absolute Gasteiger partial charge is 0.493 e. The standard InChI is InChI=1S/C11H14BBrO2/c1-11(2)7-14-12(15-8-11)9-3-5-10(13)6-4-9/h3-6H,7-8H2,1-2H3. The van der Waals surface area contributed by atoms with Crippen molar-refractivity contribution in [3.63, 3.8) is 0 Å². The molecule has 0 bridgehead atoms. The van der Waals surface area contributed by atoms with Crippen LogP contribution in [-0.2, 0) is 9.31 Å². The Morgan fingerprint density at radius 1 is 1.13 bits per heavy atom. The van der Waals surface area contributed by atoms with E-state index in [1.807, 2.05) is 24.3 Å². The third-order valence-electron chi connectivity index (χ3n) is 2.39. The molecular formula is C11H14BBrO2. The summed E-state index contributed by atoms with van der Waals surface area (Å²) >= 11 is 3.41. The molecule has 0 N–H and O–H groups in total. The lowest BCUT2D eigenvalue weighted by Gasteiger charge is -2.33. The molecule has 80 valence electrons. The lowest BCUT2D eigenvalue weighted by molar-refractivity contribution is 0.0343. The van der Waals surface area contributed by atoms with Gasteiger partial charge in [0, 0.05) is 23.1 Å². The van der Waals surface area contributed by atoms with Gasteiger partial charge in [-0.05, 0) is 17.6 Å². The number of halogens is 1. The summed E-state index contributed by atoms with van der Waals surface area (Å²) in [5.41, 5.74) is 1.21. The van der Waals surface area contributed by atoms with E-state index in [1.165, 1.54) is 0 Å². The Morgan fingerprint density at radius 2 is 1.67 bits per heavy atom. The fourth-order valence-electron chi connectivity index (χ4n) is 1.50. The average molecular weight is 269 g/mol. The molecule has 1 saturated heterocycles. The second kappa shape index (κ2) is 4.28. The molecule has 2 nitrogen and oxygen atoms in total. The van der Waals surface area contributed by atoms with E-state index in [9.17, 15) is 0 Å². The predicted molar refractivity (Wildman–Crippen MR) is 65.2 cm³/mol. The van der Waals surface area contributed by atoms with Gasteiger partial charge in [0.2, 0.25) is 0 Å². The monoisotopic (exact) mass is 268 g/mol. The lowest BCUT2D eigenvalue weighted by Crippen LogP contribution is -2.47. The van der Waals surface area contributed by atoms with E-state index in [2.05, 4.69) is 29.8 Å². The first-order valence-electron chi connectivity index (χ1n) is 5.05. The number of hydrogen-bond acceptors (Lipinski definition) is 2. The Kier molecular flexibility index (Phi) is 3.19. The van der Waals surface area contributed by atoms with Gasteiger partial charge in [0.15, 0.2) is 0 Å². The van der Waals surface area contributed by atoms with E-state index < -0.39 is 0 Å². The Bertz CT molecular complexity index is 327. The molecule has 15 heavy (non-hydrogen) atoms. The Morgan fingerprint density at radius 3 is 2.20 bits per heavy atom. The van der Waals surface area contributed by atoms with Gasteiger partial charge in [-0.25, -0.2) is 0 Å². The van der Waals surface area contributed by atoms with Crippen molar-refractivity contribution in [2.75, 3.05) is 13.2 Å². The van der Waals surface area contributed by atoms with Crippen molar-refractivity contribution >= 4 is 28.5 Å². The molecule has 1 aliphatic rings. The van der Waals surface area contributed by atoms with Crippen LogP contribution in [0.4, 0.5) is 0 Å². The second-order valence-electron chi connectivity index (χ2n) is 4.67. The van der Waals surface area contributed by atoms with E-state index in [0.717, 1.165) is 23.1 Å². The molecule has 0 radical (unpaired) electrons. The molecule has 1 fully saturated rings. The zero-order valence-electron chi connectivity index (χ0n) is 9.00. The zero-order valence-corrected chi connectivity index (χ0v) is 10.6. The summed E-state index contributed by atoms with van der Waals surface area (Å²) in [6.45, 7) is 5.77. The van der Waals surface area contributed by atoms with Crippen molar-refractivity contribution in [2.24, 2.45) is 5.41 Å². The van der Waals surface area contributed by atoms with Crippen molar-refractivity contribution in [3.8, 4) is 0 Å². The molecule has 0 unspecified atom stereocenters. The van der Waals surface area contributed by atoms with Crippen LogP contribution in [0.25, 0.3) is 0 Å². The fourth-order valence-corrected chi connectivity index (χ4v) is 1.77. The third-order valence-corrected chi connectivity index (χ3v) is 2.92. The summed E-state index contributed by atoms with van der Waals surface area (Å²) in [4.78, 5) is 0. The van der Waals surface area contributed by atoms with Crippen LogP contribution in [0.1, 0.15) is 13.8 Å². The maximum atomic E-state index is 5.68. The highest BCUT2D eigenvalue weighted by molar-refractivity contribution is 9.10. The Labute approximate surface area is 99.2 Å². The maximum absolute atomic E-state index is 5.68. The first kappa shape index (κ1) is 11.2. The normalized spacial score (nSPS) is 20.3. The highest BCUT2D eigenvalue weighted by Gasteiger charge is 2.33. The molecule has 1 heterocycles. The highest BCUT2D eigenvalue weighted by Crippen LogP contribution is 2.21. The molecular weight excluding hydrogens is 255 g/mol. The minimum Gasteiger partial charge on any atom is -0.407 e. The van der Waals surface area contributed by atoms with Crippen LogP contribution in [0.5, 0.6) is 0 Å². The molecule has 2 rings (SSSR count). The lowest BCUT2D eigenvalue weighted by atomic mass is 9.76. The van der Waals surface area contributed by atoms with Gasteiger partial charge in [0.25, 0.3) is 0 Å². The number of benzene rings is 1. The van der Waals surface area contributed by atoms with Crippen molar-refractivity contribution < 1.29 is 9.31 Å². The van der Waals surface area contributed by atoms with Crippen LogP contribution in [0, 0.1) is 5.41 Å². The highest BCUT2D eigenvalue weighted by atomic mass is 79.9. The van der Waals surface area contributed by atoms with Crippen LogP contribution < -0.4 is 5.46 Å². The molecule has 4 heteroatoms.